The number of aliphatic carboxylic acids is 1. The highest BCUT2D eigenvalue weighted by atomic mass is 16.5. The zero-order chi connectivity index (χ0) is 13.2. The smallest absolute Gasteiger partial charge is 0.303 e. The number of hydrogen-bond acceptors (Lipinski definition) is 2. The Labute approximate surface area is 110 Å². The van der Waals surface area contributed by atoms with Crippen LogP contribution in [0.2, 0.25) is 0 Å². The van der Waals surface area contributed by atoms with Crippen LogP contribution in [-0.2, 0) is 9.53 Å². The van der Waals surface area contributed by atoms with Gasteiger partial charge in [0.25, 0.3) is 0 Å². The highest BCUT2D eigenvalue weighted by Gasteiger charge is 2.43. The average molecular weight is 254 g/mol. The summed E-state index contributed by atoms with van der Waals surface area (Å²) >= 11 is 0. The summed E-state index contributed by atoms with van der Waals surface area (Å²) in [7, 11) is 0. The van der Waals surface area contributed by atoms with Crippen molar-refractivity contribution in [3.8, 4) is 0 Å². The molecule has 2 rings (SSSR count). The van der Waals surface area contributed by atoms with Gasteiger partial charge in [-0.2, -0.15) is 0 Å². The van der Waals surface area contributed by atoms with Gasteiger partial charge >= 0.3 is 5.97 Å². The van der Waals surface area contributed by atoms with Crippen LogP contribution in [0.3, 0.4) is 0 Å². The third-order valence-electron chi connectivity index (χ3n) is 4.97. The lowest BCUT2D eigenvalue weighted by molar-refractivity contribution is -0.149. The maximum Gasteiger partial charge on any atom is 0.303 e. The fraction of sp³-hybridized carbons (Fsp3) is 0.933. The van der Waals surface area contributed by atoms with E-state index >= 15 is 0 Å². The molecule has 104 valence electrons. The van der Waals surface area contributed by atoms with Crippen LogP contribution in [0.4, 0.5) is 0 Å². The van der Waals surface area contributed by atoms with Gasteiger partial charge in [0.05, 0.1) is 12.0 Å². The molecular weight excluding hydrogens is 228 g/mol. The summed E-state index contributed by atoms with van der Waals surface area (Å²) in [6, 6.07) is 0. The minimum Gasteiger partial charge on any atom is -0.481 e. The summed E-state index contributed by atoms with van der Waals surface area (Å²) < 4.78 is 6.09. The molecule has 3 nitrogen and oxygen atoms in total. The maximum atomic E-state index is 11.0. The second kappa shape index (κ2) is 5.20. The van der Waals surface area contributed by atoms with Gasteiger partial charge in [-0.15, -0.1) is 0 Å². The average Bonchev–Trinajstić information content (AvgIpc) is 2.28. The van der Waals surface area contributed by atoms with Crippen LogP contribution in [0.15, 0.2) is 0 Å². The summed E-state index contributed by atoms with van der Waals surface area (Å²) in [5, 5.41) is 9.05. The maximum absolute atomic E-state index is 11.0. The van der Waals surface area contributed by atoms with E-state index in [2.05, 4.69) is 13.8 Å². The van der Waals surface area contributed by atoms with Crippen molar-refractivity contribution >= 4 is 5.97 Å². The first-order valence-electron chi connectivity index (χ1n) is 7.29. The van der Waals surface area contributed by atoms with Crippen LogP contribution in [0.25, 0.3) is 0 Å². The van der Waals surface area contributed by atoms with Gasteiger partial charge in [-0.3, -0.25) is 4.79 Å². The highest BCUT2D eigenvalue weighted by Crippen LogP contribution is 2.47. The number of carboxylic acid groups (broad SMARTS) is 1. The van der Waals surface area contributed by atoms with Crippen molar-refractivity contribution in [2.75, 3.05) is 6.61 Å². The Hall–Kier alpha value is -0.570. The van der Waals surface area contributed by atoms with E-state index in [0.29, 0.717) is 5.92 Å². The lowest BCUT2D eigenvalue weighted by atomic mass is 9.66. The predicted octanol–water partition coefficient (Wildman–Crippen LogP) is 3.62. The Morgan fingerprint density at radius 1 is 1.33 bits per heavy atom. The first-order chi connectivity index (χ1) is 8.44. The van der Waals surface area contributed by atoms with E-state index < -0.39 is 5.97 Å². The lowest BCUT2D eigenvalue weighted by Crippen LogP contribution is -2.45. The normalized spacial score (nSPS) is 28.2. The monoisotopic (exact) mass is 254 g/mol. The molecule has 0 amide bonds. The molecule has 0 aromatic rings. The number of rotatable bonds is 3. The first-order valence-corrected chi connectivity index (χ1v) is 7.29. The Balaban J connectivity index is 2.03. The van der Waals surface area contributed by atoms with E-state index in [4.69, 9.17) is 9.84 Å². The van der Waals surface area contributed by atoms with Gasteiger partial charge in [0, 0.05) is 6.61 Å². The van der Waals surface area contributed by atoms with E-state index in [9.17, 15) is 4.79 Å². The summed E-state index contributed by atoms with van der Waals surface area (Å²) in [4.78, 5) is 11.0. The number of ether oxygens (including phenoxy) is 1. The van der Waals surface area contributed by atoms with Gasteiger partial charge in [-0.25, -0.2) is 0 Å². The van der Waals surface area contributed by atoms with Gasteiger partial charge in [0.1, 0.15) is 0 Å². The number of carbonyl (C=O) groups is 1. The van der Waals surface area contributed by atoms with Crippen molar-refractivity contribution in [3.05, 3.63) is 0 Å². The van der Waals surface area contributed by atoms with Crippen LogP contribution in [0.1, 0.15) is 65.2 Å². The minimum absolute atomic E-state index is 0.0803. The van der Waals surface area contributed by atoms with E-state index in [1.54, 1.807) is 0 Å². The third kappa shape index (κ3) is 3.05. The fourth-order valence-corrected chi connectivity index (χ4v) is 3.77. The van der Waals surface area contributed by atoms with Crippen molar-refractivity contribution in [1.82, 2.24) is 0 Å². The van der Waals surface area contributed by atoms with Gasteiger partial charge in [-0.05, 0) is 37.0 Å². The van der Waals surface area contributed by atoms with Crippen LogP contribution >= 0.6 is 0 Å². The second-order valence-electron chi connectivity index (χ2n) is 6.84. The quantitative estimate of drug-likeness (QED) is 0.836. The van der Waals surface area contributed by atoms with Gasteiger partial charge in [-0.1, -0.05) is 33.1 Å². The Morgan fingerprint density at radius 3 is 2.61 bits per heavy atom. The predicted molar refractivity (Wildman–Crippen MR) is 70.5 cm³/mol. The van der Waals surface area contributed by atoms with Crippen LogP contribution < -0.4 is 0 Å². The molecule has 3 heteroatoms. The van der Waals surface area contributed by atoms with Crippen molar-refractivity contribution in [2.24, 2.45) is 11.3 Å². The van der Waals surface area contributed by atoms with Crippen molar-refractivity contribution < 1.29 is 14.6 Å². The molecule has 1 heterocycles. The van der Waals surface area contributed by atoms with Crippen LogP contribution in [-0.4, -0.2) is 23.3 Å². The van der Waals surface area contributed by atoms with E-state index in [0.717, 1.165) is 19.4 Å². The van der Waals surface area contributed by atoms with Gasteiger partial charge < -0.3 is 9.84 Å². The van der Waals surface area contributed by atoms with E-state index in [1.165, 1.54) is 32.1 Å². The molecule has 1 aliphatic carbocycles. The highest BCUT2D eigenvalue weighted by molar-refractivity contribution is 5.67. The molecule has 18 heavy (non-hydrogen) atoms. The Kier molecular flexibility index (Phi) is 4.00. The van der Waals surface area contributed by atoms with Crippen molar-refractivity contribution in [3.63, 3.8) is 0 Å². The number of hydrogen-bond donors (Lipinski definition) is 1. The summed E-state index contributed by atoms with van der Waals surface area (Å²) in [5.41, 5.74) is -0.0308. The molecule has 2 aliphatic rings. The van der Waals surface area contributed by atoms with Crippen LogP contribution in [0, 0.1) is 11.3 Å². The van der Waals surface area contributed by atoms with Crippen LogP contribution in [0.5, 0.6) is 0 Å². The summed E-state index contributed by atoms with van der Waals surface area (Å²) in [6.45, 7) is 5.02. The summed E-state index contributed by atoms with van der Waals surface area (Å²) in [6.07, 6.45) is 8.56. The number of carboxylic acids is 1. The molecule has 0 bridgehead atoms. The van der Waals surface area contributed by atoms with Gasteiger partial charge in [0.15, 0.2) is 0 Å². The summed E-state index contributed by atoms with van der Waals surface area (Å²) in [5.74, 6) is -0.190. The largest absolute Gasteiger partial charge is 0.481 e. The molecule has 1 unspecified atom stereocenters. The fourth-order valence-electron chi connectivity index (χ4n) is 3.77. The molecule has 0 radical (unpaired) electrons. The standard InChI is InChI=1S/C15H26O3/c1-14(2,11-13(16)17)12-6-9-18-15(10-12)7-4-3-5-8-15/h12H,3-11H2,1-2H3,(H,16,17). The molecular formula is C15H26O3. The first kappa shape index (κ1) is 13.9. The van der Waals surface area contributed by atoms with Gasteiger partial charge in [0.2, 0.25) is 0 Å². The third-order valence-corrected chi connectivity index (χ3v) is 4.97. The molecule has 1 saturated carbocycles. The van der Waals surface area contributed by atoms with E-state index in [1.807, 2.05) is 0 Å². The zero-order valence-electron chi connectivity index (χ0n) is 11.7. The Bertz CT molecular complexity index is 297. The SMILES string of the molecule is CC(C)(CC(=O)O)C1CCOC2(CCCCC2)C1. The molecule has 1 aliphatic heterocycles. The molecule has 2 fully saturated rings. The topological polar surface area (TPSA) is 46.5 Å². The molecule has 1 spiro atoms. The molecule has 0 aromatic carbocycles. The van der Waals surface area contributed by atoms with Crippen molar-refractivity contribution in [2.45, 2.75) is 70.8 Å². The molecule has 1 atom stereocenters. The minimum atomic E-state index is -0.677. The van der Waals surface area contributed by atoms with Crippen molar-refractivity contribution in [1.29, 1.82) is 0 Å². The Morgan fingerprint density at radius 2 is 2.00 bits per heavy atom. The molecule has 1 saturated heterocycles. The van der Waals surface area contributed by atoms with E-state index in [-0.39, 0.29) is 17.4 Å². The lowest BCUT2D eigenvalue weighted by Gasteiger charge is -2.47. The molecule has 1 N–H and O–H groups in total. The zero-order valence-corrected chi connectivity index (χ0v) is 11.7. The second-order valence-corrected chi connectivity index (χ2v) is 6.84. The molecule has 0 aromatic heterocycles.